The van der Waals surface area contributed by atoms with Gasteiger partial charge in [-0.1, -0.05) is 26.0 Å². The van der Waals surface area contributed by atoms with E-state index in [9.17, 15) is 9.59 Å². The molecule has 0 bridgehead atoms. The van der Waals surface area contributed by atoms with E-state index in [4.69, 9.17) is 30.4 Å². The molecule has 10 heteroatoms. The molecule has 0 aliphatic heterocycles. The maximum atomic E-state index is 12.8. The van der Waals surface area contributed by atoms with Gasteiger partial charge in [0.25, 0.3) is 0 Å². The van der Waals surface area contributed by atoms with Gasteiger partial charge in [-0.15, -0.1) is 0 Å². The van der Waals surface area contributed by atoms with Crippen LogP contribution in [0.4, 0.5) is 0 Å². The minimum Gasteiger partial charge on any atom is -0.494 e. The summed E-state index contributed by atoms with van der Waals surface area (Å²) in [6.07, 6.45) is 11.0. The Morgan fingerprint density at radius 2 is 1.04 bits per heavy atom. The standard InChI is InChI=1S/C39H48N4O6/c1-4-36(40)42-24-10-6-8-12-26-46-32-18-14-30(15-19-32)38(44)48-34-22-23-35(29(3)28-34)49-39(45)31-16-20-33(21-17-31)47-27-13-9-7-11-25-43-37(41)5-2/h4-5,14-23,28H,1-2,6-13,24-27H2,3H3,(H2,40,42)(H2,41,43). The molecule has 3 aromatic carbocycles. The Kier molecular flexibility index (Phi) is 16.7. The lowest BCUT2D eigenvalue weighted by Gasteiger charge is -2.11. The van der Waals surface area contributed by atoms with E-state index >= 15 is 0 Å². The second-order valence-corrected chi connectivity index (χ2v) is 11.3. The van der Waals surface area contributed by atoms with Gasteiger partial charge in [0, 0.05) is 13.1 Å². The predicted molar refractivity (Wildman–Crippen MR) is 195 cm³/mol. The van der Waals surface area contributed by atoms with E-state index in [1.165, 1.54) is 0 Å². The van der Waals surface area contributed by atoms with Crippen LogP contribution < -0.4 is 30.4 Å². The summed E-state index contributed by atoms with van der Waals surface area (Å²) in [5, 5.41) is 0. The van der Waals surface area contributed by atoms with E-state index in [0.717, 1.165) is 51.4 Å². The molecule has 0 saturated heterocycles. The Morgan fingerprint density at radius 3 is 1.49 bits per heavy atom. The Morgan fingerprint density at radius 1 is 0.612 bits per heavy atom. The summed E-state index contributed by atoms with van der Waals surface area (Å²) in [4.78, 5) is 33.9. The van der Waals surface area contributed by atoms with Gasteiger partial charge >= 0.3 is 11.9 Å². The zero-order valence-electron chi connectivity index (χ0n) is 28.4. The maximum Gasteiger partial charge on any atom is 0.343 e. The van der Waals surface area contributed by atoms with E-state index in [1.54, 1.807) is 85.8 Å². The van der Waals surface area contributed by atoms with Crippen LogP contribution >= 0.6 is 0 Å². The highest BCUT2D eigenvalue weighted by atomic mass is 16.5. The smallest absolute Gasteiger partial charge is 0.343 e. The van der Waals surface area contributed by atoms with E-state index < -0.39 is 11.9 Å². The van der Waals surface area contributed by atoms with Gasteiger partial charge in [0.05, 0.1) is 24.3 Å². The first kappa shape index (κ1) is 38.1. The van der Waals surface area contributed by atoms with Crippen molar-refractivity contribution in [3.8, 4) is 23.0 Å². The molecule has 3 aromatic rings. The molecule has 0 fully saturated rings. The quantitative estimate of drug-likeness (QED) is 0.0370. The number of nitrogens with two attached hydrogens (primary N) is 2. The lowest BCUT2D eigenvalue weighted by atomic mass is 10.2. The number of rotatable bonds is 22. The van der Waals surface area contributed by atoms with E-state index in [0.29, 0.717) is 77.7 Å². The van der Waals surface area contributed by atoms with Crippen molar-refractivity contribution in [2.24, 2.45) is 21.5 Å². The highest BCUT2D eigenvalue weighted by Crippen LogP contribution is 2.26. The molecule has 0 radical (unpaired) electrons. The predicted octanol–water partition coefficient (Wildman–Crippen LogP) is 7.40. The molecule has 0 atom stereocenters. The van der Waals surface area contributed by atoms with Crippen molar-refractivity contribution in [3.63, 3.8) is 0 Å². The molecule has 0 aromatic heterocycles. The molecule has 0 amide bonds. The Balaban J connectivity index is 1.36. The Labute approximate surface area is 289 Å². The van der Waals surface area contributed by atoms with Crippen LogP contribution in [-0.4, -0.2) is 49.9 Å². The van der Waals surface area contributed by atoms with Gasteiger partial charge in [-0.3, -0.25) is 9.98 Å². The zero-order valence-corrected chi connectivity index (χ0v) is 28.4. The Hall–Kier alpha value is -5.38. The lowest BCUT2D eigenvalue weighted by molar-refractivity contribution is 0.0718. The monoisotopic (exact) mass is 668 g/mol. The minimum atomic E-state index is -0.502. The van der Waals surface area contributed by atoms with Gasteiger partial charge in [0.2, 0.25) is 0 Å². The highest BCUT2D eigenvalue weighted by molar-refractivity contribution is 5.92. The number of amidine groups is 2. The zero-order chi connectivity index (χ0) is 35.3. The number of carbonyl (C=O) groups excluding carboxylic acids is 2. The second-order valence-electron chi connectivity index (χ2n) is 11.3. The van der Waals surface area contributed by atoms with E-state index in [1.807, 2.05) is 0 Å². The first-order valence-corrected chi connectivity index (χ1v) is 16.6. The maximum absolute atomic E-state index is 12.8. The number of benzene rings is 3. The molecule has 0 unspecified atom stereocenters. The normalized spacial score (nSPS) is 11.4. The fourth-order valence-corrected chi connectivity index (χ4v) is 4.56. The number of esters is 2. The summed E-state index contributed by atoms with van der Waals surface area (Å²) < 4.78 is 22.7. The van der Waals surface area contributed by atoms with Crippen LogP contribution in [0.2, 0.25) is 0 Å². The van der Waals surface area contributed by atoms with Crippen molar-refractivity contribution in [2.45, 2.75) is 58.3 Å². The van der Waals surface area contributed by atoms with Crippen molar-refractivity contribution in [1.82, 2.24) is 0 Å². The Bertz CT molecular complexity index is 1570. The minimum absolute atomic E-state index is 0.341. The van der Waals surface area contributed by atoms with Gasteiger partial charge < -0.3 is 30.4 Å². The topological polar surface area (TPSA) is 148 Å². The largest absolute Gasteiger partial charge is 0.494 e. The van der Waals surface area contributed by atoms with Crippen LogP contribution in [0.25, 0.3) is 0 Å². The van der Waals surface area contributed by atoms with Gasteiger partial charge in [-0.05, 0) is 130 Å². The molecule has 3 rings (SSSR count). The number of aryl methyl sites for hydroxylation is 1. The van der Waals surface area contributed by atoms with Gasteiger partial charge in [-0.25, -0.2) is 9.59 Å². The van der Waals surface area contributed by atoms with Gasteiger partial charge in [0.15, 0.2) is 0 Å². The molecule has 4 N–H and O–H groups in total. The number of carbonyl (C=O) groups is 2. The number of ether oxygens (including phenoxy) is 4. The molecule has 0 aliphatic carbocycles. The molecule has 0 aliphatic rings. The number of hydrogen-bond donors (Lipinski definition) is 2. The number of aliphatic imine (C=N–C) groups is 2. The van der Waals surface area contributed by atoms with Gasteiger partial charge in [-0.2, -0.15) is 0 Å². The summed E-state index contributed by atoms with van der Waals surface area (Å²) in [5.74, 6) is 2.02. The first-order chi connectivity index (χ1) is 23.8. The van der Waals surface area contributed by atoms with Crippen LogP contribution in [0.3, 0.4) is 0 Å². The molecule has 0 saturated carbocycles. The van der Waals surface area contributed by atoms with Crippen LogP contribution in [0.5, 0.6) is 23.0 Å². The lowest BCUT2D eigenvalue weighted by Crippen LogP contribution is -2.10. The highest BCUT2D eigenvalue weighted by Gasteiger charge is 2.14. The number of unbranched alkanes of at least 4 members (excludes halogenated alkanes) is 6. The summed E-state index contributed by atoms with van der Waals surface area (Å²) in [6.45, 7) is 11.5. The average molecular weight is 669 g/mol. The third-order valence-electron chi connectivity index (χ3n) is 7.39. The van der Waals surface area contributed by atoms with Crippen molar-refractivity contribution in [2.75, 3.05) is 26.3 Å². The molecule has 0 heterocycles. The summed E-state index contributed by atoms with van der Waals surface area (Å²) in [7, 11) is 0. The van der Waals surface area contributed by atoms with Crippen molar-refractivity contribution in [1.29, 1.82) is 0 Å². The number of hydrogen-bond acceptors (Lipinski definition) is 8. The molecular formula is C39H48N4O6. The third kappa shape index (κ3) is 14.5. The van der Waals surface area contributed by atoms with Crippen molar-refractivity contribution >= 4 is 23.6 Å². The fourth-order valence-electron chi connectivity index (χ4n) is 4.56. The van der Waals surface area contributed by atoms with Crippen LogP contribution in [0.1, 0.15) is 77.6 Å². The van der Waals surface area contributed by atoms with Crippen LogP contribution in [0.15, 0.2) is 102 Å². The fraction of sp³-hybridized carbons (Fsp3) is 0.333. The van der Waals surface area contributed by atoms with Crippen molar-refractivity contribution < 1.29 is 28.5 Å². The molecule has 10 nitrogen and oxygen atoms in total. The van der Waals surface area contributed by atoms with Crippen LogP contribution in [0, 0.1) is 6.92 Å². The van der Waals surface area contributed by atoms with Gasteiger partial charge in [0.1, 0.15) is 34.7 Å². The molecule has 260 valence electrons. The van der Waals surface area contributed by atoms with Crippen molar-refractivity contribution in [3.05, 3.63) is 109 Å². The van der Waals surface area contributed by atoms with Crippen LogP contribution in [-0.2, 0) is 0 Å². The molecule has 0 spiro atoms. The second kappa shape index (κ2) is 21.5. The molecule has 49 heavy (non-hydrogen) atoms. The summed E-state index contributed by atoms with van der Waals surface area (Å²) in [5.41, 5.74) is 12.6. The van der Waals surface area contributed by atoms with E-state index in [-0.39, 0.29) is 0 Å². The third-order valence-corrected chi connectivity index (χ3v) is 7.39. The summed E-state index contributed by atoms with van der Waals surface area (Å²) >= 11 is 0. The summed E-state index contributed by atoms with van der Waals surface area (Å²) in [6, 6.07) is 18.5. The first-order valence-electron chi connectivity index (χ1n) is 16.6. The average Bonchev–Trinajstić information content (AvgIpc) is 3.11. The number of nitrogens with zero attached hydrogens (tertiary/aromatic N) is 2. The van der Waals surface area contributed by atoms with E-state index in [2.05, 4.69) is 23.1 Å². The molecular weight excluding hydrogens is 620 g/mol. The SMILES string of the molecule is C=CC(N)=NCCCCCCOc1ccc(C(=O)Oc2ccc(OC(=O)c3ccc(OCCCCCCN=C(N)C=C)cc3)c(C)c2)cc1.